The fourth-order valence-electron chi connectivity index (χ4n) is 3.12. The molecule has 0 aromatic heterocycles. The molecule has 0 spiro atoms. The lowest BCUT2D eigenvalue weighted by Crippen LogP contribution is -2.39. The van der Waals surface area contributed by atoms with E-state index >= 15 is 0 Å². The highest BCUT2D eigenvalue weighted by Crippen LogP contribution is 2.25. The van der Waals surface area contributed by atoms with Gasteiger partial charge >= 0.3 is 0 Å². The standard InChI is InChI=1S/C25H27N3O5S/c1-4-33-23-16-12-21(13-17-23)28(34(30,31)24-8-6-5-7-9-24)18-25(29)27-26-19(2)20-10-14-22(32-3)15-11-20/h5-17H,4,18H2,1-3H3,(H,27,29)/b26-19-. The number of rotatable bonds is 10. The van der Waals surface area contributed by atoms with E-state index in [9.17, 15) is 13.2 Å². The molecule has 0 atom stereocenters. The number of benzene rings is 3. The monoisotopic (exact) mass is 481 g/mol. The van der Waals surface area contributed by atoms with Gasteiger partial charge in [0.25, 0.3) is 15.9 Å². The molecule has 0 aliphatic carbocycles. The quantitative estimate of drug-likeness (QED) is 0.351. The van der Waals surface area contributed by atoms with Crippen molar-refractivity contribution in [1.82, 2.24) is 5.43 Å². The Morgan fingerprint density at radius 3 is 2.15 bits per heavy atom. The van der Waals surface area contributed by atoms with Crippen molar-refractivity contribution in [3.63, 3.8) is 0 Å². The highest BCUT2D eigenvalue weighted by molar-refractivity contribution is 7.92. The van der Waals surface area contributed by atoms with E-state index in [4.69, 9.17) is 9.47 Å². The Morgan fingerprint density at radius 1 is 0.941 bits per heavy atom. The summed E-state index contributed by atoms with van der Waals surface area (Å²) in [6.45, 7) is 3.63. The van der Waals surface area contributed by atoms with Crippen molar-refractivity contribution in [3.8, 4) is 11.5 Å². The SMILES string of the molecule is CCOc1ccc(N(CC(=O)N/N=C(/C)c2ccc(OC)cc2)S(=O)(=O)c2ccccc2)cc1. The molecular formula is C25H27N3O5S. The predicted octanol–water partition coefficient (Wildman–Crippen LogP) is 3.83. The Labute approximate surface area is 199 Å². The highest BCUT2D eigenvalue weighted by atomic mass is 32.2. The van der Waals surface area contributed by atoms with E-state index in [0.29, 0.717) is 29.5 Å². The van der Waals surface area contributed by atoms with E-state index in [1.165, 1.54) is 12.1 Å². The third-order valence-corrected chi connectivity index (χ3v) is 6.70. The maximum atomic E-state index is 13.4. The van der Waals surface area contributed by atoms with Crippen molar-refractivity contribution in [1.29, 1.82) is 0 Å². The molecule has 0 fully saturated rings. The molecule has 1 amide bonds. The van der Waals surface area contributed by atoms with Gasteiger partial charge in [0.15, 0.2) is 0 Å². The molecule has 0 saturated carbocycles. The first kappa shape index (κ1) is 24.8. The van der Waals surface area contributed by atoms with E-state index in [1.807, 2.05) is 19.1 Å². The second kappa shape index (κ2) is 11.3. The number of sulfonamides is 1. The summed E-state index contributed by atoms with van der Waals surface area (Å²) in [5, 5.41) is 4.12. The zero-order valence-corrected chi connectivity index (χ0v) is 20.1. The van der Waals surface area contributed by atoms with Gasteiger partial charge in [-0.15, -0.1) is 0 Å². The summed E-state index contributed by atoms with van der Waals surface area (Å²) in [7, 11) is -2.42. The molecule has 3 rings (SSSR count). The Kier molecular flexibility index (Phi) is 8.26. The van der Waals surface area contributed by atoms with Crippen LogP contribution in [-0.4, -0.2) is 40.3 Å². The van der Waals surface area contributed by atoms with Gasteiger partial charge < -0.3 is 9.47 Å². The number of nitrogens with zero attached hydrogens (tertiary/aromatic N) is 2. The van der Waals surface area contributed by atoms with Crippen LogP contribution in [0, 0.1) is 0 Å². The van der Waals surface area contributed by atoms with Gasteiger partial charge in [0.1, 0.15) is 18.0 Å². The summed E-state index contributed by atoms with van der Waals surface area (Å²) in [5.41, 5.74) is 4.14. The lowest BCUT2D eigenvalue weighted by molar-refractivity contribution is -0.119. The van der Waals surface area contributed by atoms with Crippen LogP contribution < -0.4 is 19.2 Å². The van der Waals surface area contributed by atoms with E-state index in [2.05, 4.69) is 10.5 Å². The number of hydrogen-bond acceptors (Lipinski definition) is 6. The molecule has 0 aliphatic rings. The molecule has 178 valence electrons. The number of carbonyl (C=O) groups is 1. The lowest BCUT2D eigenvalue weighted by atomic mass is 10.1. The minimum atomic E-state index is -4.00. The lowest BCUT2D eigenvalue weighted by Gasteiger charge is -2.24. The van der Waals surface area contributed by atoms with Gasteiger partial charge in [-0.1, -0.05) is 18.2 Å². The summed E-state index contributed by atoms with van der Waals surface area (Å²) >= 11 is 0. The van der Waals surface area contributed by atoms with Gasteiger partial charge in [0.05, 0.1) is 30.0 Å². The zero-order valence-electron chi connectivity index (χ0n) is 19.3. The predicted molar refractivity (Wildman–Crippen MR) is 132 cm³/mol. The molecule has 3 aromatic carbocycles. The van der Waals surface area contributed by atoms with Gasteiger partial charge in [0.2, 0.25) is 0 Å². The number of methoxy groups -OCH3 is 1. The van der Waals surface area contributed by atoms with Gasteiger partial charge in [-0.2, -0.15) is 5.10 Å². The van der Waals surface area contributed by atoms with Crippen LogP contribution in [0.25, 0.3) is 0 Å². The molecular weight excluding hydrogens is 454 g/mol. The first-order valence-electron chi connectivity index (χ1n) is 10.6. The molecule has 34 heavy (non-hydrogen) atoms. The van der Waals surface area contributed by atoms with Gasteiger partial charge in [-0.05, 0) is 80.1 Å². The maximum absolute atomic E-state index is 13.4. The molecule has 0 heterocycles. The van der Waals surface area contributed by atoms with Crippen LogP contribution in [0.2, 0.25) is 0 Å². The Bertz CT molecular complexity index is 1230. The average molecular weight is 482 g/mol. The number of nitrogens with one attached hydrogen (secondary N) is 1. The van der Waals surface area contributed by atoms with Crippen LogP contribution in [-0.2, 0) is 14.8 Å². The Hall–Kier alpha value is -3.85. The second-order valence-electron chi connectivity index (χ2n) is 7.21. The number of ether oxygens (including phenoxy) is 2. The van der Waals surface area contributed by atoms with Crippen LogP contribution in [0.1, 0.15) is 19.4 Å². The average Bonchev–Trinajstić information content (AvgIpc) is 2.87. The van der Waals surface area contributed by atoms with E-state index in [1.54, 1.807) is 68.6 Å². The molecule has 9 heteroatoms. The molecule has 0 unspecified atom stereocenters. The minimum Gasteiger partial charge on any atom is -0.497 e. The summed E-state index contributed by atoms with van der Waals surface area (Å²) in [4.78, 5) is 12.8. The second-order valence-corrected chi connectivity index (χ2v) is 9.07. The molecule has 8 nitrogen and oxygen atoms in total. The Balaban J connectivity index is 1.83. The molecule has 0 radical (unpaired) electrons. The molecule has 0 saturated heterocycles. The third kappa shape index (κ3) is 6.14. The Morgan fingerprint density at radius 2 is 1.56 bits per heavy atom. The molecule has 3 aromatic rings. The first-order valence-corrected chi connectivity index (χ1v) is 12.1. The topological polar surface area (TPSA) is 97.3 Å². The van der Waals surface area contributed by atoms with E-state index in [-0.39, 0.29) is 4.90 Å². The number of hydrogen-bond donors (Lipinski definition) is 1. The highest BCUT2D eigenvalue weighted by Gasteiger charge is 2.27. The van der Waals surface area contributed by atoms with Crippen molar-refractivity contribution in [2.75, 3.05) is 24.6 Å². The van der Waals surface area contributed by atoms with Crippen molar-refractivity contribution in [2.45, 2.75) is 18.7 Å². The summed E-state index contributed by atoms with van der Waals surface area (Å²) in [5.74, 6) is 0.728. The molecule has 1 N–H and O–H groups in total. The molecule has 0 bridgehead atoms. The van der Waals surface area contributed by atoms with E-state index in [0.717, 1.165) is 9.87 Å². The van der Waals surface area contributed by atoms with E-state index < -0.39 is 22.5 Å². The molecule has 0 aliphatic heterocycles. The largest absolute Gasteiger partial charge is 0.497 e. The summed E-state index contributed by atoms with van der Waals surface area (Å²) in [6.07, 6.45) is 0. The first-order chi connectivity index (χ1) is 16.3. The van der Waals surface area contributed by atoms with Gasteiger partial charge in [-0.3, -0.25) is 9.10 Å². The fourth-order valence-corrected chi connectivity index (χ4v) is 4.56. The number of anilines is 1. The normalized spacial score (nSPS) is 11.6. The van der Waals surface area contributed by atoms with Crippen molar-refractivity contribution in [3.05, 3.63) is 84.4 Å². The minimum absolute atomic E-state index is 0.0783. The van der Waals surface area contributed by atoms with Gasteiger partial charge in [0, 0.05) is 0 Å². The van der Waals surface area contributed by atoms with Crippen molar-refractivity contribution in [2.24, 2.45) is 5.10 Å². The fraction of sp³-hybridized carbons (Fsp3) is 0.200. The van der Waals surface area contributed by atoms with Crippen molar-refractivity contribution < 1.29 is 22.7 Å². The van der Waals surface area contributed by atoms with Crippen LogP contribution in [0.3, 0.4) is 0 Å². The maximum Gasteiger partial charge on any atom is 0.264 e. The smallest absolute Gasteiger partial charge is 0.264 e. The zero-order chi connectivity index (χ0) is 24.6. The van der Waals surface area contributed by atoms with Crippen LogP contribution in [0.4, 0.5) is 5.69 Å². The van der Waals surface area contributed by atoms with Crippen molar-refractivity contribution >= 4 is 27.3 Å². The summed E-state index contributed by atoms with van der Waals surface area (Å²) in [6, 6.07) is 21.7. The number of carbonyl (C=O) groups excluding carboxylic acids is 1. The summed E-state index contributed by atoms with van der Waals surface area (Å²) < 4.78 is 38.4. The number of amides is 1. The van der Waals surface area contributed by atoms with Crippen LogP contribution >= 0.6 is 0 Å². The van der Waals surface area contributed by atoms with Crippen LogP contribution in [0.5, 0.6) is 11.5 Å². The number of hydrazone groups is 1. The van der Waals surface area contributed by atoms with Crippen LogP contribution in [0.15, 0.2) is 88.9 Å². The van der Waals surface area contributed by atoms with Gasteiger partial charge in [-0.25, -0.2) is 13.8 Å². The third-order valence-electron chi connectivity index (χ3n) is 4.91.